The summed E-state index contributed by atoms with van der Waals surface area (Å²) in [5.41, 5.74) is 1.37. The number of nitrogens with zero attached hydrogens (tertiary/aromatic N) is 3. The molecule has 1 saturated heterocycles. The average Bonchev–Trinajstić information content (AvgIpc) is 3.10. The first-order chi connectivity index (χ1) is 12.1. The zero-order valence-corrected chi connectivity index (χ0v) is 15.1. The Morgan fingerprint density at radius 2 is 2.24 bits per heavy atom. The highest BCUT2D eigenvalue weighted by Crippen LogP contribution is 2.27. The fourth-order valence-electron chi connectivity index (χ4n) is 3.54. The second-order valence-corrected chi connectivity index (χ2v) is 6.92. The lowest BCUT2D eigenvalue weighted by atomic mass is 9.96. The van der Waals surface area contributed by atoms with Gasteiger partial charge in [-0.2, -0.15) is 0 Å². The van der Waals surface area contributed by atoms with Gasteiger partial charge < -0.3 is 14.6 Å². The van der Waals surface area contributed by atoms with Crippen LogP contribution in [0.15, 0.2) is 30.6 Å². The first kappa shape index (κ1) is 17.5. The Morgan fingerprint density at radius 3 is 3.00 bits per heavy atom. The monoisotopic (exact) mass is 341 g/mol. The molecule has 1 aliphatic rings. The molecule has 1 aliphatic heterocycles. The van der Waals surface area contributed by atoms with E-state index in [0.717, 1.165) is 50.2 Å². The number of aromatic nitrogens is 2. The molecule has 1 fully saturated rings. The number of carbonyl (C=O) groups is 1. The number of hydrogen-bond acceptors (Lipinski definition) is 3. The third kappa shape index (κ3) is 3.86. The second kappa shape index (κ2) is 7.72. The van der Waals surface area contributed by atoms with E-state index >= 15 is 0 Å². The maximum atomic E-state index is 12.9. The predicted octanol–water partition coefficient (Wildman–Crippen LogP) is 3.72. The number of carbonyl (C=O) groups excluding carboxylic acids is 1. The Balaban J connectivity index is 1.73. The van der Waals surface area contributed by atoms with E-state index in [2.05, 4.69) is 22.7 Å². The summed E-state index contributed by atoms with van der Waals surface area (Å²) in [6, 6.07) is 5.07. The Bertz CT molecular complexity index is 738. The van der Waals surface area contributed by atoms with Crippen molar-refractivity contribution in [3.05, 3.63) is 47.5 Å². The lowest BCUT2D eigenvalue weighted by Gasteiger charge is -2.33. The van der Waals surface area contributed by atoms with Crippen LogP contribution in [0.25, 0.3) is 0 Å². The molecule has 1 unspecified atom stereocenters. The number of benzene rings is 1. The number of piperidine rings is 1. The van der Waals surface area contributed by atoms with Crippen molar-refractivity contribution in [2.45, 2.75) is 52.0 Å². The van der Waals surface area contributed by atoms with Gasteiger partial charge in [0.15, 0.2) is 0 Å². The summed E-state index contributed by atoms with van der Waals surface area (Å²) >= 11 is 0. The minimum absolute atomic E-state index is 0.0412. The van der Waals surface area contributed by atoms with Crippen LogP contribution >= 0.6 is 0 Å². The van der Waals surface area contributed by atoms with E-state index in [4.69, 9.17) is 0 Å². The molecule has 0 aliphatic carbocycles. The van der Waals surface area contributed by atoms with E-state index in [1.807, 2.05) is 18.0 Å². The standard InChI is InChI=1S/C20H27N3O2/c1-3-4-10-22-12-9-21-19(22)17-6-5-11-23(14-17)20(25)16-7-8-18(24)15(2)13-16/h7-9,12-13,17,24H,3-6,10-11,14H2,1-2H3. The average molecular weight is 341 g/mol. The van der Waals surface area contributed by atoms with Crippen molar-refractivity contribution in [1.82, 2.24) is 14.5 Å². The number of hydrogen-bond donors (Lipinski definition) is 1. The van der Waals surface area contributed by atoms with Crippen molar-refractivity contribution in [2.75, 3.05) is 13.1 Å². The van der Waals surface area contributed by atoms with E-state index in [-0.39, 0.29) is 11.7 Å². The molecular formula is C20H27N3O2. The van der Waals surface area contributed by atoms with Gasteiger partial charge in [-0.1, -0.05) is 13.3 Å². The molecule has 0 radical (unpaired) electrons. The molecule has 1 aromatic heterocycles. The van der Waals surface area contributed by atoms with Gasteiger partial charge in [-0.3, -0.25) is 4.79 Å². The number of phenolic OH excluding ortho intramolecular Hbond substituents is 1. The van der Waals surface area contributed by atoms with Crippen molar-refractivity contribution >= 4 is 5.91 Å². The molecule has 0 bridgehead atoms. The zero-order chi connectivity index (χ0) is 17.8. The van der Waals surface area contributed by atoms with Crippen molar-refractivity contribution in [3.63, 3.8) is 0 Å². The third-order valence-electron chi connectivity index (χ3n) is 5.02. The number of aromatic hydroxyl groups is 1. The Hall–Kier alpha value is -2.30. The van der Waals surface area contributed by atoms with Crippen LogP contribution in [0.3, 0.4) is 0 Å². The third-order valence-corrected chi connectivity index (χ3v) is 5.02. The Labute approximate surface area is 149 Å². The number of unbranched alkanes of at least 4 members (excludes halogenated alkanes) is 1. The molecule has 1 amide bonds. The predicted molar refractivity (Wildman–Crippen MR) is 97.9 cm³/mol. The summed E-state index contributed by atoms with van der Waals surface area (Å²) in [6.07, 6.45) is 8.29. The van der Waals surface area contributed by atoms with Crippen molar-refractivity contribution in [3.8, 4) is 5.75 Å². The van der Waals surface area contributed by atoms with Crippen molar-refractivity contribution in [2.24, 2.45) is 0 Å². The van der Waals surface area contributed by atoms with Crippen LogP contribution in [-0.2, 0) is 6.54 Å². The molecule has 0 spiro atoms. The zero-order valence-electron chi connectivity index (χ0n) is 15.1. The van der Waals surface area contributed by atoms with E-state index in [0.29, 0.717) is 18.0 Å². The summed E-state index contributed by atoms with van der Waals surface area (Å²) < 4.78 is 2.24. The van der Waals surface area contributed by atoms with Crippen molar-refractivity contribution < 1.29 is 9.90 Å². The van der Waals surface area contributed by atoms with Crippen LogP contribution in [0.5, 0.6) is 5.75 Å². The molecule has 1 N–H and O–H groups in total. The highest BCUT2D eigenvalue weighted by molar-refractivity contribution is 5.94. The van der Waals surface area contributed by atoms with Crippen LogP contribution < -0.4 is 0 Å². The summed E-state index contributed by atoms with van der Waals surface area (Å²) in [5.74, 6) is 1.67. The first-order valence-electron chi connectivity index (χ1n) is 9.20. The maximum absolute atomic E-state index is 12.9. The van der Waals surface area contributed by atoms with Gasteiger partial charge in [0.1, 0.15) is 11.6 Å². The maximum Gasteiger partial charge on any atom is 0.253 e. The lowest BCUT2D eigenvalue weighted by molar-refractivity contribution is 0.0703. The number of amides is 1. The molecule has 1 atom stereocenters. The van der Waals surface area contributed by atoms with Crippen LogP contribution in [0, 0.1) is 6.92 Å². The molecule has 5 nitrogen and oxygen atoms in total. The topological polar surface area (TPSA) is 58.4 Å². The van der Waals surface area contributed by atoms with E-state index < -0.39 is 0 Å². The van der Waals surface area contributed by atoms with Gasteiger partial charge in [-0.05, 0) is 49.9 Å². The molecule has 3 rings (SSSR count). The highest BCUT2D eigenvalue weighted by atomic mass is 16.3. The smallest absolute Gasteiger partial charge is 0.253 e. The van der Waals surface area contributed by atoms with Crippen LogP contribution in [0.1, 0.15) is 60.3 Å². The molecule has 134 valence electrons. The lowest BCUT2D eigenvalue weighted by Crippen LogP contribution is -2.39. The van der Waals surface area contributed by atoms with Gasteiger partial charge in [0.25, 0.3) is 5.91 Å². The summed E-state index contributed by atoms with van der Waals surface area (Å²) in [5, 5.41) is 9.67. The highest BCUT2D eigenvalue weighted by Gasteiger charge is 2.28. The normalized spacial score (nSPS) is 17.7. The molecule has 25 heavy (non-hydrogen) atoms. The fraction of sp³-hybridized carbons (Fsp3) is 0.500. The van der Waals surface area contributed by atoms with Gasteiger partial charge in [0.2, 0.25) is 0 Å². The largest absolute Gasteiger partial charge is 0.508 e. The van der Waals surface area contributed by atoms with Gasteiger partial charge in [-0.15, -0.1) is 0 Å². The van der Waals surface area contributed by atoms with E-state index in [1.54, 1.807) is 18.2 Å². The SMILES string of the molecule is CCCCn1ccnc1C1CCCN(C(=O)c2ccc(O)c(C)c2)C1. The Kier molecular flexibility index (Phi) is 5.41. The summed E-state index contributed by atoms with van der Waals surface area (Å²) in [6.45, 7) is 6.49. The number of aryl methyl sites for hydroxylation is 2. The van der Waals surface area contributed by atoms with Crippen LogP contribution in [0.2, 0.25) is 0 Å². The molecule has 2 heterocycles. The minimum atomic E-state index is 0.0412. The number of imidazole rings is 1. The molecule has 1 aromatic carbocycles. The van der Waals surface area contributed by atoms with Crippen LogP contribution in [0.4, 0.5) is 0 Å². The fourth-order valence-corrected chi connectivity index (χ4v) is 3.54. The number of rotatable bonds is 5. The summed E-state index contributed by atoms with van der Waals surface area (Å²) in [7, 11) is 0. The number of likely N-dealkylation sites (tertiary alicyclic amines) is 1. The second-order valence-electron chi connectivity index (χ2n) is 6.92. The molecule has 2 aromatic rings. The molecular weight excluding hydrogens is 314 g/mol. The first-order valence-corrected chi connectivity index (χ1v) is 9.20. The molecule has 0 saturated carbocycles. The minimum Gasteiger partial charge on any atom is -0.508 e. The molecule has 5 heteroatoms. The quantitative estimate of drug-likeness (QED) is 0.902. The van der Waals surface area contributed by atoms with Gasteiger partial charge in [0, 0.05) is 43.5 Å². The van der Waals surface area contributed by atoms with Gasteiger partial charge in [-0.25, -0.2) is 4.98 Å². The van der Waals surface area contributed by atoms with Crippen LogP contribution in [-0.4, -0.2) is 38.6 Å². The van der Waals surface area contributed by atoms with Gasteiger partial charge >= 0.3 is 0 Å². The van der Waals surface area contributed by atoms with E-state index in [1.165, 1.54) is 0 Å². The van der Waals surface area contributed by atoms with Gasteiger partial charge in [0.05, 0.1) is 0 Å². The number of phenols is 1. The Morgan fingerprint density at radius 1 is 1.40 bits per heavy atom. The van der Waals surface area contributed by atoms with E-state index in [9.17, 15) is 9.90 Å². The summed E-state index contributed by atoms with van der Waals surface area (Å²) in [4.78, 5) is 19.4. The van der Waals surface area contributed by atoms with Crippen molar-refractivity contribution in [1.29, 1.82) is 0 Å².